The fourth-order valence-electron chi connectivity index (χ4n) is 4.62. The predicted octanol–water partition coefficient (Wildman–Crippen LogP) is 5.14. The van der Waals surface area contributed by atoms with Crippen LogP contribution in [0.1, 0.15) is 34.7 Å². The summed E-state index contributed by atoms with van der Waals surface area (Å²) in [6, 6.07) is 13.7. The van der Waals surface area contributed by atoms with E-state index in [1.165, 1.54) is 0 Å². The number of hydrogen-bond donors (Lipinski definition) is 1. The molecule has 0 spiro atoms. The molecule has 1 fully saturated rings. The summed E-state index contributed by atoms with van der Waals surface area (Å²) in [5, 5.41) is 7.07. The third-order valence-electron chi connectivity index (χ3n) is 6.14. The fraction of sp³-hybridized carbons (Fsp3) is 0.240. The van der Waals surface area contributed by atoms with Crippen molar-refractivity contribution in [3.05, 3.63) is 82.9 Å². The lowest BCUT2D eigenvalue weighted by Gasteiger charge is -2.29. The number of methoxy groups -OCH3 is 2. The summed E-state index contributed by atoms with van der Waals surface area (Å²) in [4.78, 5) is 11.3. The van der Waals surface area contributed by atoms with Crippen molar-refractivity contribution < 1.29 is 9.47 Å². The van der Waals surface area contributed by atoms with Crippen molar-refractivity contribution in [3.8, 4) is 16.6 Å². The van der Waals surface area contributed by atoms with E-state index in [0.29, 0.717) is 10.9 Å². The molecule has 5 rings (SSSR count). The second-order valence-electron chi connectivity index (χ2n) is 8.01. The van der Waals surface area contributed by atoms with Crippen LogP contribution in [0, 0.1) is 13.8 Å². The van der Waals surface area contributed by atoms with Crippen molar-refractivity contribution in [3.63, 3.8) is 0 Å². The van der Waals surface area contributed by atoms with Crippen LogP contribution in [0.25, 0.3) is 5.13 Å². The molecule has 4 aromatic rings. The predicted molar refractivity (Wildman–Crippen MR) is 138 cm³/mol. The Kier molecular flexibility index (Phi) is 5.97. The number of rotatable bonds is 6. The van der Waals surface area contributed by atoms with Gasteiger partial charge in [0.2, 0.25) is 0 Å². The van der Waals surface area contributed by atoms with Gasteiger partial charge in [0.15, 0.2) is 10.2 Å². The molecule has 0 bridgehead atoms. The molecule has 2 atom stereocenters. The summed E-state index contributed by atoms with van der Waals surface area (Å²) >= 11 is 7.51. The summed E-state index contributed by atoms with van der Waals surface area (Å²) in [5.41, 5.74) is 5.16. The van der Waals surface area contributed by atoms with Crippen LogP contribution in [0.5, 0.6) is 11.5 Å². The van der Waals surface area contributed by atoms with Crippen molar-refractivity contribution in [2.45, 2.75) is 25.9 Å². The van der Waals surface area contributed by atoms with Gasteiger partial charge in [-0.2, -0.15) is 0 Å². The molecule has 1 aromatic carbocycles. The second kappa shape index (κ2) is 9.08. The molecule has 1 saturated heterocycles. The van der Waals surface area contributed by atoms with Crippen LogP contribution in [0.2, 0.25) is 0 Å². The van der Waals surface area contributed by atoms with Crippen molar-refractivity contribution in [1.82, 2.24) is 19.9 Å². The lowest BCUT2D eigenvalue weighted by molar-refractivity contribution is 0.394. The van der Waals surface area contributed by atoms with Gasteiger partial charge < -0.3 is 19.7 Å². The molecule has 4 heterocycles. The lowest BCUT2D eigenvalue weighted by Crippen LogP contribution is -2.30. The monoisotopic (exact) mass is 491 g/mol. The van der Waals surface area contributed by atoms with Crippen LogP contribution in [-0.2, 0) is 0 Å². The minimum atomic E-state index is -0.149. The highest BCUT2D eigenvalue weighted by atomic mass is 32.1. The SMILES string of the molecule is COc1ccc(N2C(=S)N[C@@H](c3ccccn3)[C@H]2c2cc(C)n(-c3nccs3)c2C)c(OC)c1. The number of hydrogen-bond acceptors (Lipinski definition) is 6. The van der Waals surface area contributed by atoms with Gasteiger partial charge in [0.25, 0.3) is 0 Å². The first kappa shape index (κ1) is 22.4. The van der Waals surface area contributed by atoms with Crippen LogP contribution in [-0.4, -0.2) is 33.9 Å². The minimum absolute atomic E-state index is 0.147. The summed E-state index contributed by atoms with van der Waals surface area (Å²) in [6.45, 7) is 4.23. The fourth-order valence-corrected chi connectivity index (χ4v) is 5.71. The Balaban J connectivity index is 1.70. The summed E-state index contributed by atoms with van der Waals surface area (Å²) in [6.07, 6.45) is 3.64. The van der Waals surface area contributed by atoms with Gasteiger partial charge in [0, 0.05) is 35.2 Å². The van der Waals surface area contributed by atoms with Crippen LogP contribution < -0.4 is 19.7 Å². The van der Waals surface area contributed by atoms with Crippen LogP contribution in [0.4, 0.5) is 5.69 Å². The maximum absolute atomic E-state index is 5.89. The second-order valence-corrected chi connectivity index (χ2v) is 9.27. The summed E-state index contributed by atoms with van der Waals surface area (Å²) < 4.78 is 13.4. The zero-order valence-electron chi connectivity index (χ0n) is 19.4. The third kappa shape index (κ3) is 3.70. The Labute approximate surface area is 208 Å². The first-order valence-corrected chi connectivity index (χ1v) is 12.1. The average molecular weight is 492 g/mol. The van der Waals surface area contributed by atoms with E-state index < -0.39 is 0 Å². The number of benzene rings is 1. The molecule has 0 radical (unpaired) electrons. The van der Waals surface area contributed by atoms with E-state index >= 15 is 0 Å². The zero-order chi connectivity index (χ0) is 23.8. The molecule has 0 unspecified atom stereocenters. The lowest BCUT2D eigenvalue weighted by atomic mass is 9.96. The Hall–Kier alpha value is -3.43. The molecular weight excluding hydrogens is 466 g/mol. The standard InChI is InChI=1S/C25H25N5O2S2/c1-15-13-18(16(2)29(15)25-27-11-12-34-25)23-22(19-7-5-6-10-26-19)28-24(33)30(23)20-9-8-17(31-3)14-21(20)32-4/h5-14,22-23H,1-4H3,(H,28,33)/t22-,23+/m0/s1. The molecule has 1 N–H and O–H groups in total. The maximum Gasteiger partial charge on any atom is 0.193 e. The van der Waals surface area contributed by atoms with E-state index in [9.17, 15) is 0 Å². The Bertz CT molecular complexity index is 1320. The van der Waals surface area contributed by atoms with Crippen LogP contribution >= 0.6 is 23.6 Å². The third-order valence-corrected chi connectivity index (χ3v) is 7.22. The summed E-state index contributed by atoms with van der Waals surface area (Å²) in [5.74, 6) is 1.40. The molecule has 1 aliphatic heterocycles. The van der Waals surface area contributed by atoms with E-state index in [1.807, 2.05) is 54.2 Å². The smallest absolute Gasteiger partial charge is 0.193 e. The Morgan fingerprint density at radius 2 is 1.88 bits per heavy atom. The van der Waals surface area contributed by atoms with Gasteiger partial charge in [0.05, 0.1) is 37.7 Å². The largest absolute Gasteiger partial charge is 0.497 e. The maximum atomic E-state index is 5.89. The molecular formula is C25H25N5O2S2. The minimum Gasteiger partial charge on any atom is -0.497 e. The first-order valence-electron chi connectivity index (χ1n) is 10.8. The quantitative estimate of drug-likeness (QED) is 0.375. The van der Waals surface area contributed by atoms with Crippen molar-refractivity contribution in [2.75, 3.05) is 19.1 Å². The molecule has 0 aliphatic carbocycles. The van der Waals surface area contributed by atoms with Gasteiger partial charge in [-0.15, -0.1) is 11.3 Å². The summed E-state index contributed by atoms with van der Waals surface area (Å²) in [7, 11) is 3.30. The van der Waals surface area contributed by atoms with Crippen molar-refractivity contribution in [2.24, 2.45) is 0 Å². The van der Waals surface area contributed by atoms with E-state index in [1.54, 1.807) is 25.6 Å². The molecule has 0 saturated carbocycles. The molecule has 34 heavy (non-hydrogen) atoms. The molecule has 9 heteroatoms. The highest BCUT2D eigenvalue weighted by Crippen LogP contribution is 2.46. The molecule has 0 amide bonds. The Morgan fingerprint density at radius 1 is 1.03 bits per heavy atom. The number of nitrogens with zero attached hydrogens (tertiary/aromatic N) is 4. The van der Waals surface area contributed by atoms with E-state index in [2.05, 4.69) is 44.7 Å². The highest BCUT2D eigenvalue weighted by molar-refractivity contribution is 7.80. The highest BCUT2D eigenvalue weighted by Gasteiger charge is 2.43. The van der Waals surface area contributed by atoms with E-state index in [-0.39, 0.29) is 12.1 Å². The number of ether oxygens (including phenoxy) is 2. The van der Waals surface area contributed by atoms with E-state index in [4.69, 9.17) is 21.7 Å². The first-order chi connectivity index (χ1) is 16.5. The molecule has 3 aromatic heterocycles. The molecule has 7 nitrogen and oxygen atoms in total. The van der Waals surface area contributed by atoms with Gasteiger partial charge in [-0.1, -0.05) is 6.07 Å². The van der Waals surface area contributed by atoms with Crippen LogP contribution in [0.15, 0.2) is 60.2 Å². The molecule has 174 valence electrons. The number of anilines is 1. The Morgan fingerprint density at radius 3 is 2.56 bits per heavy atom. The van der Waals surface area contributed by atoms with Gasteiger partial charge in [-0.25, -0.2) is 4.98 Å². The normalized spacial score (nSPS) is 17.6. The van der Waals surface area contributed by atoms with Crippen molar-refractivity contribution in [1.29, 1.82) is 0 Å². The number of thiocarbonyl (C=S) groups is 1. The topological polar surface area (TPSA) is 64.4 Å². The van der Waals surface area contributed by atoms with Crippen LogP contribution in [0.3, 0.4) is 0 Å². The van der Waals surface area contributed by atoms with Crippen molar-refractivity contribution >= 4 is 34.4 Å². The average Bonchev–Trinajstić information content (AvgIpc) is 3.57. The van der Waals surface area contributed by atoms with Gasteiger partial charge in [0.1, 0.15) is 11.5 Å². The number of thiazole rings is 1. The van der Waals surface area contributed by atoms with E-state index in [0.717, 1.165) is 39.2 Å². The van der Waals surface area contributed by atoms with Gasteiger partial charge in [-0.3, -0.25) is 9.55 Å². The van der Waals surface area contributed by atoms with Gasteiger partial charge in [-0.05, 0) is 62.0 Å². The molecule has 1 aliphatic rings. The number of aromatic nitrogens is 3. The van der Waals surface area contributed by atoms with Gasteiger partial charge >= 0.3 is 0 Å². The zero-order valence-corrected chi connectivity index (χ0v) is 21.0. The number of pyridine rings is 1. The number of nitrogens with one attached hydrogen (secondary N) is 1. The number of aryl methyl sites for hydroxylation is 1.